The highest BCUT2D eigenvalue weighted by atomic mass is 16.5. The van der Waals surface area contributed by atoms with E-state index in [1.165, 1.54) is 0 Å². The Morgan fingerprint density at radius 2 is 2.19 bits per heavy atom. The lowest BCUT2D eigenvalue weighted by Gasteiger charge is -2.15. The number of carboxylic acid groups (broad SMARTS) is 1. The number of aromatic nitrogens is 2. The summed E-state index contributed by atoms with van der Waals surface area (Å²) < 4.78 is 5.24. The largest absolute Gasteiger partial charge is 0.478 e. The molecule has 2 heterocycles. The Bertz CT molecular complexity index is 636. The van der Waals surface area contributed by atoms with Crippen molar-refractivity contribution in [3.05, 3.63) is 47.1 Å². The topological polar surface area (TPSA) is 79.5 Å². The van der Waals surface area contributed by atoms with Gasteiger partial charge in [-0.1, -0.05) is 17.3 Å². The van der Waals surface area contributed by atoms with Crippen LogP contribution < -0.4 is 0 Å². The Kier molecular flexibility index (Phi) is 3.70. The Hall–Kier alpha value is -2.21. The first-order chi connectivity index (χ1) is 10.1. The Labute approximate surface area is 122 Å². The first kappa shape index (κ1) is 13.8. The second-order valence-corrected chi connectivity index (χ2v) is 5.40. The standard InChI is InChI=1S/C15H17N3O3/c1-10-16-14(21-17-10)13-6-7-18(9-13)8-11-2-4-12(5-3-11)15(19)20/h2-5,13H,6-9H2,1H3,(H,19,20). The predicted octanol–water partition coefficient (Wildman–Crippen LogP) is 2.07. The second kappa shape index (κ2) is 5.65. The van der Waals surface area contributed by atoms with Crippen molar-refractivity contribution < 1.29 is 14.4 Å². The minimum absolute atomic E-state index is 0.296. The van der Waals surface area contributed by atoms with Gasteiger partial charge in [0.25, 0.3) is 0 Å². The molecule has 0 radical (unpaired) electrons. The van der Waals surface area contributed by atoms with Crippen LogP contribution in [0.5, 0.6) is 0 Å². The molecule has 1 aliphatic rings. The third-order valence-electron chi connectivity index (χ3n) is 3.77. The van der Waals surface area contributed by atoms with Crippen LogP contribution in [0.3, 0.4) is 0 Å². The summed E-state index contributed by atoms with van der Waals surface area (Å²) in [5.74, 6) is 0.794. The van der Waals surface area contributed by atoms with Crippen LogP contribution in [0.25, 0.3) is 0 Å². The minimum atomic E-state index is -0.894. The van der Waals surface area contributed by atoms with Crippen molar-refractivity contribution in [3.8, 4) is 0 Å². The smallest absolute Gasteiger partial charge is 0.335 e. The fourth-order valence-corrected chi connectivity index (χ4v) is 2.67. The molecule has 0 bridgehead atoms. The molecule has 0 saturated carbocycles. The molecule has 1 unspecified atom stereocenters. The highest BCUT2D eigenvalue weighted by molar-refractivity contribution is 5.87. The summed E-state index contributed by atoms with van der Waals surface area (Å²) in [6.45, 7) is 4.50. The highest BCUT2D eigenvalue weighted by Gasteiger charge is 2.27. The van der Waals surface area contributed by atoms with Crippen molar-refractivity contribution in [3.63, 3.8) is 0 Å². The van der Waals surface area contributed by atoms with Gasteiger partial charge in [0.15, 0.2) is 5.82 Å². The van der Waals surface area contributed by atoms with Gasteiger partial charge in [-0.25, -0.2) is 4.79 Å². The number of hydrogen-bond donors (Lipinski definition) is 1. The fraction of sp³-hybridized carbons (Fsp3) is 0.400. The van der Waals surface area contributed by atoms with E-state index < -0.39 is 5.97 Å². The van der Waals surface area contributed by atoms with Crippen molar-refractivity contribution in [1.29, 1.82) is 0 Å². The van der Waals surface area contributed by atoms with E-state index in [0.717, 1.165) is 37.5 Å². The van der Waals surface area contributed by atoms with Crippen LogP contribution in [0.2, 0.25) is 0 Å². The van der Waals surface area contributed by atoms with Crippen molar-refractivity contribution in [2.75, 3.05) is 13.1 Å². The lowest BCUT2D eigenvalue weighted by atomic mass is 10.1. The fourth-order valence-electron chi connectivity index (χ4n) is 2.67. The van der Waals surface area contributed by atoms with Gasteiger partial charge in [-0.2, -0.15) is 4.98 Å². The van der Waals surface area contributed by atoms with Crippen molar-refractivity contribution >= 4 is 5.97 Å². The molecule has 1 saturated heterocycles. The van der Waals surface area contributed by atoms with E-state index in [1.807, 2.05) is 19.1 Å². The number of likely N-dealkylation sites (tertiary alicyclic amines) is 1. The molecule has 1 N–H and O–H groups in total. The van der Waals surface area contributed by atoms with Crippen molar-refractivity contribution in [2.45, 2.75) is 25.8 Å². The molecule has 0 spiro atoms. The lowest BCUT2D eigenvalue weighted by molar-refractivity contribution is 0.0697. The summed E-state index contributed by atoms with van der Waals surface area (Å²) in [5.41, 5.74) is 1.43. The molecule has 1 fully saturated rings. The Morgan fingerprint density at radius 1 is 1.43 bits per heavy atom. The summed E-state index contributed by atoms with van der Waals surface area (Å²) in [6.07, 6.45) is 1.01. The maximum Gasteiger partial charge on any atom is 0.335 e. The van der Waals surface area contributed by atoms with E-state index in [1.54, 1.807) is 12.1 Å². The van der Waals surface area contributed by atoms with E-state index >= 15 is 0 Å². The van der Waals surface area contributed by atoms with Gasteiger partial charge >= 0.3 is 5.97 Å². The van der Waals surface area contributed by atoms with Gasteiger partial charge in [0.05, 0.1) is 11.5 Å². The van der Waals surface area contributed by atoms with Crippen LogP contribution in [0.4, 0.5) is 0 Å². The van der Waals surface area contributed by atoms with Crippen LogP contribution in [-0.2, 0) is 6.54 Å². The van der Waals surface area contributed by atoms with Gasteiger partial charge in [0, 0.05) is 13.1 Å². The number of aryl methyl sites for hydroxylation is 1. The van der Waals surface area contributed by atoms with Crippen LogP contribution in [-0.4, -0.2) is 39.2 Å². The molecule has 1 atom stereocenters. The Morgan fingerprint density at radius 3 is 2.81 bits per heavy atom. The number of benzene rings is 1. The molecule has 3 rings (SSSR count). The van der Waals surface area contributed by atoms with Crippen LogP contribution >= 0.6 is 0 Å². The van der Waals surface area contributed by atoms with Gasteiger partial charge in [-0.15, -0.1) is 0 Å². The lowest BCUT2D eigenvalue weighted by Crippen LogP contribution is -2.19. The highest BCUT2D eigenvalue weighted by Crippen LogP contribution is 2.26. The maximum absolute atomic E-state index is 10.8. The zero-order valence-corrected chi connectivity index (χ0v) is 11.8. The predicted molar refractivity (Wildman–Crippen MR) is 75.1 cm³/mol. The normalized spacial score (nSPS) is 19.0. The molecule has 2 aromatic rings. The average molecular weight is 287 g/mol. The SMILES string of the molecule is Cc1noc(C2CCN(Cc3ccc(C(=O)O)cc3)C2)n1. The minimum Gasteiger partial charge on any atom is -0.478 e. The summed E-state index contributed by atoms with van der Waals surface area (Å²) in [7, 11) is 0. The van der Waals surface area contributed by atoms with Crippen molar-refractivity contribution in [2.24, 2.45) is 0 Å². The number of nitrogens with zero attached hydrogens (tertiary/aromatic N) is 3. The molecule has 1 aromatic heterocycles. The molecule has 110 valence electrons. The number of rotatable bonds is 4. The summed E-state index contributed by atoms with van der Waals surface area (Å²) >= 11 is 0. The first-order valence-electron chi connectivity index (χ1n) is 6.96. The average Bonchev–Trinajstić information content (AvgIpc) is 3.08. The van der Waals surface area contributed by atoms with Crippen LogP contribution in [0, 0.1) is 6.92 Å². The molecule has 6 heteroatoms. The molecule has 6 nitrogen and oxygen atoms in total. The number of carbonyl (C=O) groups is 1. The number of aromatic carboxylic acids is 1. The molecule has 21 heavy (non-hydrogen) atoms. The molecular formula is C15H17N3O3. The number of hydrogen-bond acceptors (Lipinski definition) is 5. The summed E-state index contributed by atoms with van der Waals surface area (Å²) in [5, 5.41) is 12.7. The van der Waals surface area contributed by atoms with E-state index in [2.05, 4.69) is 15.0 Å². The van der Waals surface area contributed by atoms with E-state index in [9.17, 15) is 4.79 Å². The van der Waals surface area contributed by atoms with Gasteiger partial charge in [0.2, 0.25) is 5.89 Å². The number of carboxylic acids is 1. The molecule has 0 aliphatic carbocycles. The monoisotopic (exact) mass is 287 g/mol. The Balaban J connectivity index is 1.60. The molecule has 0 amide bonds. The molecule has 1 aromatic carbocycles. The summed E-state index contributed by atoms with van der Waals surface area (Å²) in [6, 6.07) is 7.03. The maximum atomic E-state index is 10.8. The first-order valence-corrected chi connectivity index (χ1v) is 6.96. The quantitative estimate of drug-likeness (QED) is 0.927. The van der Waals surface area contributed by atoms with Crippen molar-refractivity contribution in [1.82, 2.24) is 15.0 Å². The summed E-state index contributed by atoms with van der Waals surface area (Å²) in [4.78, 5) is 17.4. The second-order valence-electron chi connectivity index (χ2n) is 5.40. The van der Waals surface area contributed by atoms with E-state index in [0.29, 0.717) is 17.3 Å². The van der Waals surface area contributed by atoms with Gasteiger partial charge in [0.1, 0.15) is 0 Å². The van der Waals surface area contributed by atoms with Crippen LogP contribution in [0.1, 0.15) is 40.0 Å². The zero-order chi connectivity index (χ0) is 14.8. The third kappa shape index (κ3) is 3.11. The van der Waals surface area contributed by atoms with Gasteiger partial charge < -0.3 is 9.63 Å². The van der Waals surface area contributed by atoms with Crippen LogP contribution in [0.15, 0.2) is 28.8 Å². The van der Waals surface area contributed by atoms with E-state index in [4.69, 9.17) is 9.63 Å². The molecule has 1 aliphatic heterocycles. The van der Waals surface area contributed by atoms with E-state index in [-0.39, 0.29) is 0 Å². The van der Waals surface area contributed by atoms with Gasteiger partial charge in [-0.05, 0) is 37.6 Å². The van der Waals surface area contributed by atoms with Gasteiger partial charge in [-0.3, -0.25) is 4.90 Å². The third-order valence-corrected chi connectivity index (χ3v) is 3.77. The zero-order valence-electron chi connectivity index (χ0n) is 11.8. The molecular weight excluding hydrogens is 270 g/mol.